The van der Waals surface area contributed by atoms with Gasteiger partial charge in [0, 0.05) is 0 Å². The molecule has 0 saturated carbocycles. The summed E-state index contributed by atoms with van der Waals surface area (Å²) in [6, 6.07) is 0. The van der Waals surface area contributed by atoms with Gasteiger partial charge in [0.1, 0.15) is 0 Å². The van der Waals surface area contributed by atoms with E-state index in [4.69, 9.17) is 14.2 Å². The minimum Gasteiger partial charge on any atom is -0.390 e. The monoisotopic (exact) mass is 504 g/mol. The van der Waals surface area contributed by atoms with E-state index in [9.17, 15) is 15.3 Å². The van der Waals surface area contributed by atoms with Gasteiger partial charge in [0.2, 0.25) is 0 Å². The third kappa shape index (κ3) is 19.5. The van der Waals surface area contributed by atoms with Crippen LogP contribution in [-0.4, -0.2) is 68.7 Å². The Balaban J connectivity index is 5.56. The SMILES string of the molecule is CC(C)(O)CCOC(C)(C)CC(C)(CC(C)(C)OCCC(C)(C)O)CC(C)(C)OCCC(C)(C)O. The van der Waals surface area contributed by atoms with Gasteiger partial charge in [-0.25, -0.2) is 0 Å². The van der Waals surface area contributed by atoms with Crippen molar-refractivity contribution in [3.05, 3.63) is 0 Å². The van der Waals surface area contributed by atoms with Gasteiger partial charge in [-0.15, -0.1) is 0 Å². The topological polar surface area (TPSA) is 88.4 Å². The number of rotatable bonds is 18. The molecule has 0 aliphatic carbocycles. The molecule has 0 heterocycles. The van der Waals surface area contributed by atoms with E-state index in [0.29, 0.717) is 39.1 Å². The summed E-state index contributed by atoms with van der Waals surface area (Å²) in [6.45, 7) is 27.2. The predicted molar refractivity (Wildman–Crippen MR) is 145 cm³/mol. The second-order valence-corrected chi connectivity index (χ2v) is 14.9. The highest BCUT2D eigenvalue weighted by atomic mass is 16.5. The summed E-state index contributed by atoms with van der Waals surface area (Å²) in [6.07, 6.45) is 4.10. The highest BCUT2D eigenvalue weighted by Crippen LogP contribution is 2.45. The lowest BCUT2D eigenvalue weighted by atomic mass is 9.68. The van der Waals surface area contributed by atoms with Crippen molar-refractivity contribution in [3.63, 3.8) is 0 Å². The van der Waals surface area contributed by atoms with Gasteiger partial charge < -0.3 is 29.5 Å². The van der Waals surface area contributed by atoms with E-state index < -0.39 is 33.6 Å². The summed E-state index contributed by atoms with van der Waals surface area (Å²) in [5, 5.41) is 30.2. The summed E-state index contributed by atoms with van der Waals surface area (Å²) < 4.78 is 18.8. The molecule has 0 rings (SSSR count). The number of hydrogen-bond acceptors (Lipinski definition) is 6. The lowest BCUT2D eigenvalue weighted by Crippen LogP contribution is -2.44. The Morgan fingerprint density at radius 1 is 0.400 bits per heavy atom. The van der Waals surface area contributed by atoms with Crippen LogP contribution in [0.25, 0.3) is 0 Å². The molecule has 212 valence electrons. The van der Waals surface area contributed by atoms with E-state index in [2.05, 4.69) is 48.5 Å². The maximum atomic E-state index is 10.1. The summed E-state index contributed by atoms with van der Waals surface area (Å²) in [5.74, 6) is 0. The smallest absolute Gasteiger partial charge is 0.0631 e. The van der Waals surface area contributed by atoms with E-state index in [0.717, 1.165) is 19.3 Å². The fourth-order valence-corrected chi connectivity index (χ4v) is 5.16. The van der Waals surface area contributed by atoms with Gasteiger partial charge in [0.15, 0.2) is 0 Å². The van der Waals surface area contributed by atoms with Crippen molar-refractivity contribution >= 4 is 0 Å². The molecule has 0 atom stereocenters. The highest BCUT2D eigenvalue weighted by Gasteiger charge is 2.42. The summed E-state index contributed by atoms with van der Waals surface area (Å²) in [7, 11) is 0. The van der Waals surface area contributed by atoms with E-state index in [-0.39, 0.29) is 5.41 Å². The van der Waals surface area contributed by atoms with E-state index in [1.165, 1.54) is 0 Å². The molecule has 6 heteroatoms. The maximum Gasteiger partial charge on any atom is 0.0631 e. The number of aliphatic hydroxyl groups is 3. The molecule has 0 saturated heterocycles. The van der Waals surface area contributed by atoms with Crippen molar-refractivity contribution in [1.29, 1.82) is 0 Å². The zero-order valence-corrected chi connectivity index (χ0v) is 25.4. The molecule has 3 N–H and O–H groups in total. The second-order valence-electron chi connectivity index (χ2n) is 14.9. The molecule has 6 nitrogen and oxygen atoms in total. The Morgan fingerprint density at radius 3 is 0.771 bits per heavy atom. The van der Waals surface area contributed by atoms with Gasteiger partial charge >= 0.3 is 0 Å². The molecular weight excluding hydrogens is 444 g/mol. The molecular formula is C29H60O6. The first-order valence-corrected chi connectivity index (χ1v) is 13.3. The van der Waals surface area contributed by atoms with Gasteiger partial charge in [-0.05, 0) is 127 Å². The molecule has 0 aromatic carbocycles. The first-order valence-electron chi connectivity index (χ1n) is 13.3. The van der Waals surface area contributed by atoms with Gasteiger partial charge in [0.05, 0.1) is 53.4 Å². The molecule has 35 heavy (non-hydrogen) atoms. The molecule has 0 aromatic heterocycles. The quantitative estimate of drug-likeness (QED) is 0.211. The zero-order valence-electron chi connectivity index (χ0n) is 25.4. The average Bonchev–Trinajstić information content (AvgIpc) is 2.46. The van der Waals surface area contributed by atoms with Gasteiger partial charge in [-0.2, -0.15) is 0 Å². The average molecular weight is 505 g/mol. The van der Waals surface area contributed by atoms with E-state index in [1.54, 1.807) is 41.5 Å². The minimum absolute atomic E-state index is 0.172. The third-order valence-corrected chi connectivity index (χ3v) is 6.18. The Morgan fingerprint density at radius 2 is 0.600 bits per heavy atom. The number of ether oxygens (including phenoxy) is 3. The molecule has 0 fully saturated rings. The molecule has 0 spiro atoms. The van der Waals surface area contributed by atoms with Crippen LogP contribution in [0.1, 0.15) is 129 Å². The second kappa shape index (κ2) is 12.5. The lowest BCUT2D eigenvalue weighted by Gasteiger charge is -2.46. The van der Waals surface area contributed by atoms with Crippen LogP contribution >= 0.6 is 0 Å². The number of hydrogen-bond donors (Lipinski definition) is 3. The largest absolute Gasteiger partial charge is 0.390 e. The van der Waals surface area contributed by atoms with Crippen molar-refractivity contribution < 1.29 is 29.5 Å². The first-order chi connectivity index (χ1) is 15.2. The molecule has 0 aromatic rings. The Hall–Kier alpha value is -0.240. The molecule has 0 bridgehead atoms. The van der Waals surface area contributed by atoms with Crippen LogP contribution in [0.15, 0.2) is 0 Å². The van der Waals surface area contributed by atoms with Crippen molar-refractivity contribution in [2.75, 3.05) is 19.8 Å². The molecule has 0 unspecified atom stereocenters. The maximum absolute atomic E-state index is 10.1. The van der Waals surface area contributed by atoms with Crippen LogP contribution in [-0.2, 0) is 14.2 Å². The van der Waals surface area contributed by atoms with Crippen LogP contribution in [0.2, 0.25) is 0 Å². The first kappa shape index (κ1) is 34.8. The minimum atomic E-state index is -0.758. The van der Waals surface area contributed by atoms with Crippen molar-refractivity contribution in [1.82, 2.24) is 0 Å². The molecule has 0 aliphatic heterocycles. The molecule has 0 aliphatic rings. The summed E-state index contributed by atoms with van der Waals surface area (Å²) in [5.41, 5.74) is -3.64. The van der Waals surface area contributed by atoms with Crippen molar-refractivity contribution in [2.24, 2.45) is 5.41 Å². The van der Waals surface area contributed by atoms with E-state index >= 15 is 0 Å². The van der Waals surface area contributed by atoms with Crippen molar-refractivity contribution in [3.8, 4) is 0 Å². The van der Waals surface area contributed by atoms with Gasteiger partial charge in [-0.1, -0.05) is 6.92 Å². The lowest BCUT2D eigenvalue weighted by molar-refractivity contribution is -0.122. The van der Waals surface area contributed by atoms with Crippen LogP contribution in [0, 0.1) is 5.41 Å². The molecule has 0 radical (unpaired) electrons. The standard InChI is InChI=1S/C29H60O6/c1-23(2,30)14-17-33-26(7,8)20-29(13,21-27(9,10)34-18-15-24(3,4)31)22-28(11,12)35-19-16-25(5,6)32/h30-32H,14-22H2,1-13H3. The Labute approximate surface area is 217 Å². The van der Waals surface area contributed by atoms with Crippen LogP contribution in [0.3, 0.4) is 0 Å². The fourth-order valence-electron chi connectivity index (χ4n) is 5.16. The van der Waals surface area contributed by atoms with Crippen LogP contribution in [0.4, 0.5) is 0 Å². The van der Waals surface area contributed by atoms with Crippen molar-refractivity contribution in [2.45, 2.75) is 162 Å². The van der Waals surface area contributed by atoms with Crippen LogP contribution < -0.4 is 0 Å². The van der Waals surface area contributed by atoms with E-state index in [1.807, 2.05) is 0 Å². The van der Waals surface area contributed by atoms with Gasteiger partial charge in [-0.3, -0.25) is 0 Å². The predicted octanol–water partition coefficient (Wildman–Crippen LogP) is 6.03. The van der Waals surface area contributed by atoms with Crippen LogP contribution in [0.5, 0.6) is 0 Å². The fraction of sp³-hybridized carbons (Fsp3) is 1.00. The zero-order chi connectivity index (χ0) is 28.0. The molecule has 0 amide bonds. The Kier molecular flexibility index (Phi) is 12.5. The summed E-state index contributed by atoms with van der Waals surface area (Å²) in [4.78, 5) is 0. The highest BCUT2D eigenvalue weighted by molar-refractivity contribution is 4.93. The summed E-state index contributed by atoms with van der Waals surface area (Å²) >= 11 is 0. The third-order valence-electron chi connectivity index (χ3n) is 6.18. The Bertz CT molecular complexity index is 519. The normalized spacial score (nSPS) is 15.1. The van der Waals surface area contributed by atoms with Gasteiger partial charge in [0.25, 0.3) is 0 Å².